The molecular formula is C17H22FN3O. The lowest BCUT2D eigenvalue weighted by atomic mass is 10.0. The molecule has 2 heterocycles. The molecule has 0 aliphatic carbocycles. The Bertz CT molecular complexity index is 641. The Morgan fingerprint density at radius 2 is 2.27 bits per heavy atom. The Labute approximate surface area is 130 Å². The molecule has 3 rings (SSSR count). The van der Waals surface area contributed by atoms with Gasteiger partial charge in [-0.2, -0.15) is 5.10 Å². The summed E-state index contributed by atoms with van der Waals surface area (Å²) in [6.07, 6.45) is 6.12. The molecule has 1 fully saturated rings. The molecule has 0 N–H and O–H groups in total. The van der Waals surface area contributed by atoms with Crippen molar-refractivity contribution >= 4 is 0 Å². The van der Waals surface area contributed by atoms with Gasteiger partial charge in [-0.1, -0.05) is 6.07 Å². The Morgan fingerprint density at radius 3 is 3.00 bits per heavy atom. The number of aryl methyl sites for hydroxylation is 1. The number of hydrogen-bond acceptors (Lipinski definition) is 3. The van der Waals surface area contributed by atoms with Crippen molar-refractivity contribution in [3.05, 3.63) is 42.0 Å². The van der Waals surface area contributed by atoms with Gasteiger partial charge in [-0.05, 0) is 37.1 Å². The van der Waals surface area contributed by atoms with Gasteiger partial charge in [-0.25, -0.2) is 4.39 Å². The molecule has 0 amide bonds. The first-order valence-corrected chi connectivity index (χ1v) is 7.68. The number of aromatic nitrogens is 2. The van der Waals surface area contributed by atoms with Gasteiger partial charge in [0.1, 0.15) is 5.82 Å². The highest BCUT2D eigenvalue weighted by molar-refractivity contribution is 5.63. The Balaban J connectivity index is 1.77. The maximum Gasteiger partial charge on any atom is 0.131 e. The third kappa shape index (κ3) is 3.36. The normalized spacial score (nSPS) is 19.5. The zero-order valence-corrected chi connectivity index (χ0v) is 13.1. The van der Waals surface area contributed by atoms with Crippen LogP contribution in [0.25, 0.3) is 11.1 Å². The van der Waals surface area contributed by atoms with Crippen molar-refractivity contribution in [1.29, 1.82) is 0 Å². The van der Waals surface area contributed by atoms with Crippen LogP contribution < -0.4 is 0 Å². The van der Waals surface area contributed by atoms with Crippen molar-refractivity contribution in [2.75, 3.05) is 20.2 Å². The molecule has 1 aliphatic heterocycles. The third-order valence-corrected chi connectivity index (χ3v) is 4.25. The number of ether oxygens (including phenoxy) is 1. The molecular weight excluding hydrogens is 281 g/mol. The van der Waals surface area contributed by atoms with Crippen molar-refractivity contribution in [2.24, 2.45) is 7.05 Å². The fourth-order valence-electron chi connectivity index (χ4n) is 3.06. The third-order valence-electron chi connectivity index (χ3n) is 4.25. The number of piperidine rings is 1. The molecule has 118 valence electrons. The maximum atomic E-state index is 14.1. The van der Waals surface area contributed by atoms with Gasteiger partial charge in [-0.15, -0.1) is 0 Å². The van der Waals surface area contributed by atoms with E-state index in [0.717, 1.165) is 43.6 Å². The lowest BCUT2D eigenvalue weighted by Crippen LogP contribution is -2.38. The van der Waals surface area contributed by atoms with Crippen LogP contribution in [-0.2, 0) is 18.3 Å². The zero-order valence-electron chi connectivity index (χ0n) is 13.1. The number of benzene rings is 1. The summed E-state index contributed by atoms with van der Waals surface area (Å²) in [5.74, 6) is -0.204. The van der Waals surface area contributed by atoms with E-state index in [4.69, 9.17) is 4.74 Å². The van der Waals surface area contributed by atoms with Gasteiger partial charge in [0.2, 0.25) is 0 Å². The summed E-state index contributed by atoms with van der Waals surface area (Å²) in [5, 5.41) is 4.12. The van der Waals surface area contributed by atoms with Crippen LogP contribution in [0.15, 0.2) is 30.6 Å². The first-order chi connectivity index (χ1) is 10.7. The van der Waals surface area contributed by atoms with E-state index >= 15 is 0 Å². The van der Waals surface area contributed by atoms with E-state index < -0.39 is 0 Å². The fraction of sp³-hybridized carbons (Fsp3) is 0.471. The molecule has 0 bridgehead atoms. The van der Waals surface area contributed by atoms with E-state index in [-0.39, 0.29) is 5.82 Å². The predicted molar refractivity (Wildman–Crippen MR) is 83.9 cm³/mol. The van der Waals surface area contributed by atoms with Gasteiger partial charge in [0.25, 0.3) is 0 Å². The van der Waals surface area contributed by atoms with Gasteiger partial charge >= 0.3 is 0 Å². The van der Waals surface area contributed by atoms with Crippen LogP contribution in [0, 0.1) is 5.82 Å². The minimum absolute atomic E-state index is 0.204. The van der Waals surface area contributed by atoms with Gasteiger partial charge in [-0.3, -0.25) is 9.58 Å². The molecule has 1 saturated heterocycles. The molecule has 1 aromatic carbocycles. The second-order valence-electron chi connectivity index (χ2n) is 5.95. The van der Waals surface area contributed by atoms with Crippen molar-refractivity contribution in [3.8, 4) is 11.1 Å². The minimum atomic E-state index is -0.204. The largest absolute Gasteiger partial charge is 0.380 e. The minimum Gasteiger partial charge on any atom is -0.380 e. The van der Waals surface area contributed by atoms with Crippen LogP contribution in [0.2, 0.25) is 0 Å². The second kappa shape index (κ2) is 6.58. The highest BCUT2D eigenvalue weighted by atomic mass is 19.1. The summed E-state index contributed by atoms with van der Waals surface area (Å²) in [6.45, 7) is 2.84. The number of rotatable bonds is 4. The van der Waals surface area contributed by atoms with E-state index in [1.165, 1.54) is 0 Å². The number of nitrogens with zero attached hydrogens (tertiary/aromatic N) is 3. The van der Waals surface area contributed by atoms with Crippen molar-refractivity contribution < 1.29 is 9.13 Å². The first kappa shape index (κ1) is 15.2. The van der Waals surface area contributed by atoms with Crippen LogP contribution in [0.1, 0.15) is 18.4 Å². The van der Waals surface area contributed by atoms with Crippen LogP contribution in [0.4, 0.5) is 4.39 Å². The predicted octanol–water partition coefficient (Wildman–Crippen LogP) is 2.84. The standard InChI is InChI=1S/C17H22FN3O/c1-20-11-14(9-19-20)16-8-13(5-6-17(16)18)10-21-7-3-4-15(12-21)22-2/h5-6,8-9,11,15H,3-4,7,10,12H2,1-2H3. The molecule has 0 saturated carbocycles. The monoisotopic (exact) mass is 303 g/mol. The van der Waals surface area contributed by atoms with E-state index in [9.17, 15) is 4.39 Å². The van der Waals surface area contributed by atoms with Crippen LogP contribution in [-0.4, -0.2) is 41.0 Å². The summed E-state index contributed by atoms with van der Waals surface area (Å²) in [6, 6.07) is 5.35. The van der Waals surface area contributed by atoms with E-state index in [1.54, 1.807) is 24.1 Å². The Morgan fingerprint density at radius 1 is 1.41 bits per heavy atom. The van der Waals surface area contributed by atoms with Crippen LogP contribution in [0.3, 0.4) is 0 Å². The van der Waals surface area contributed by atoms with Crippen molar-refractivity contribution in [3.63, 3.8) is 0 Å². The van der Waals surface area contributed by atoms with Gasteiger partial charge in [0, 0.05) is 44.6 Å². The first-order valence-electron chi connectivity index (χ1n) is 7.68. The van der Waals surface area contributed by atoms with Crippen LogP contribution in [0.5, 0.6) is 0 Å². The molecule has 0 radical (unpaired) electrons. The SMILES string of the molecule is COC1CCCN(Cc2ccc(F)c(-c3cnn(C)c3)c2)C1. The Kier molecular flexibility index (Phi) is 4.55. The average molecular weight is 303 g/mol. The molecule has 22 heavy (non-hydrogen) atoms. The highest BCUT2D eigenvalue weighted by Crippen LogP contribution is 2.25. The summed E-state index contributed by atoms with van der Waals surface area (Å²) >= 11 is 0. The molecule has 1 aliphatic rings. The molecule has 2 aromatic rings. The number of halogens is 1. The maximum absolute atomic E-state index is 14.1. The lowest BCUT2D eigenvalue weighted by Gasteiger charge is -2.31. The molecule has 1 unspecified atom stereocenters. The van der Waals surface area contributed by atoms with Crippen molar-refractivity contribution in [2.45, 2.75) is 25.5 Å². The van der Waals surface area contributed by atoms with Gasteiger partial charge in [0.15, 0.2) is 0 Å². The Hall–Kier alpha value is -1.72. The van der Waals surface area contributed by atoms with Crippen LogP contribution >= 0.6 is 0 Å². The molecule has 0 spiro atoms. The average Bonchev–Trinajstić information content (AvgIpc) is 2.96. The summed E-state index contributed by atoms with van der Waals surface area (Å²) in [4.78, 5) is 2.37. The zero-order chi connectivity index (χ0) is 15.5. The summed E-state index contributed by atoms with van der Waals surface area (Å²) in [5.41, 5.74) is 2.55. The van der Waals surface area contributed by atoms with E-state index in [1.807, 2.05) is 25.4 Å². The quantitative estimate of drug-likeness (QED) is 0.870. The van der Waals surface area contributed by atoms with E-state index in [2.05, 4.69) is 10.00 Å². The number of hydrogen-bond donors (Lipinski definition) is 0. The van der Waals surface area contributed by atoms with Gasteiger partial charge in [0.05, 0.1) is 12.3 Å². The van der Waals surface area contributed by atoms with Crippen molar-refractivity contribution in [1.82, 2.24) is 14.7 Å². The topological polar surface area (TPSA) is 30.3 Å². The second-order valence-corrected chi connectivity index (χ2v) is 5.95. The number of methoxy groups -OCH3 is 1. The molecule has 1 atom stereocenters. The molecule has 1 aromatic heterocycles. The highest BCUT2D eigenvalue weighted by Gasteiger charge is 2.19. The molecule has 4 nitrogen and oxygen atoms in total. The van der Waals surface area contributed by atoms with E-state index in [0.29, 0.717) is 11.7 Å². The molecule has 5 heteroatoms. The summed E-state index contributed by atoms with van der Waals surface area (Å²) < 4.78 is 21.2. The van der Waals surface area contributed by atoms with Gasteiger partial charge < -0.3 is 4.74 Å². The summed E-state index contributed by atoms with van der Waals surface area (Å²) in [7, 11) is 3.61. The number of likely N-dealkylation sites (tertiary alicyclic amines) is 1. The lowest BCUT2D eigenvalue weighted by molar-refractivity contribution is 0.0285. The fourth-order valence-corrected chi connectivity index (χ4v) is 3.06. The smallest absolute Gasteiger partial charge is 0.131 e.